The van der Waals surface area contributed by atoms with Crippen LogP contribution >= 0.6 is 0 Å². The van der Waals surface area contributed by atoms with Gasteiger partial charge >= 0.3 is 0 Å². The second-order valence-electron chi connectivity index (χ2n) is 16.9. The van der Waals surface area contributed by atoms with Crippen molar-refractivity contribution in [2.75, 3.05) is 0 Å². The van der Waals surface area contributed by atoms with Crippen LogP contribution in [0.3, 0.4) is 0 Å². The van der Waals surface area contributed by atoms with Gasteiger partial charge in [0.15, 0.2) is 5.82 Å². The smallest absolute Gasteiger partial charge is 0.159 e. The standard InChI is InChI=1S/C29H46.C18H15FN2.6CH4/c1-20-5-11-26(12-6-20)27-13-7-24(8-14-27)19-25-9-15-28(16-10-25)29-17-21(2)23(4)22(3)18-29;1-12-10-20-18(21-11-12)15-5-3-14(4-6-15)16-7-8-17(19)13(2)9-16;;;;;;/h9-10,15-16,20-24,26-27,29H,5-8,11-14,17-19H2,1-4H3;3-11H,1-2H3;6*1H4. The molecule has 0 bridgehead atoms. The van der Waals surface area contributed by atoms with Gasteiger partial charge in [-0.3, -0.25) is 0 Å². The zero-order chi connectivity index (χ0) is 35.2. The summed E-state index contributed by atoms with van der Waals surface area (Å²) in [7, 11) is 0. The lowest BCUT2D eigenvalue weighted by molar-refractivity contribution is 0.150. The molecule has 0 radical (unpaired) electrons. The lowest BCUT2D eigenvalue weighted by Crippen LogP contribution is -2.26. The Balaban J connectivity index is 0.00000101. The third-order valence-electron chi connectivity index (χ3n) is 13.1. The largest absolute Gasteiger partial charge is 0.236 e. The molecule has 1 heterocycles. The van der Waals surface area contributed by atoms with Gasteiger partial charge in [0, 0.05) is 18.0 Å². The first-order chi connectivity index (χ1) is 24.1. The van der Waals surface area contributed by atoms with Crippen LogP contribution in [0.4, 0.5) is 4.39 Å². The van der Waals surface area contributed by atoms with Crippen molar-refractivity contribution >= 4 is 0 Å². The van der Waals surface area contributed by atoms with Crippen molar-refractivity contribution in [1.82, 2.24) is 9.97 Å². The average Bonchev–Trinajstić information content (AvgIpc) is 3.13. The summed E-state index contributed by atoms with van der Waals surface area (Å²) in [4.78, 5) is 8.63. The third-order valence-corrected chi connectivity index (χ3v) is 13.1. The maximum Gasteiger partial charge on any atom is 0.159 e. The molecule has 3 heteroatoms. The van der Waals surface area contributed by atoms with E-state index in [9.17, 15) is 4.39 Å². The highest BCUT2D eigenvalue weighted by molar-refractivity contribution is 5.68. The van der Waals surface area contributed by atoms with Crippen molar-refractivity contribution < 1.29 is 4.39 Å². The Labute approximate surface area is 347 Å². The predicted octanol–water partition coefficient (Wildman–Crippen LogP) is 17.0. The van der Waals surface area contributed by atoms with E-state index in [1.807, 2.05) is 37.3 Å². The second kappa shape index (κ2) is 24.4. The SMILES string of the molecule is C.C.C.C.C.C.CC1CCC(C2CCC(Cc3ccc(C4CC(C)C(C)C(C)C4)cc3)CC2)CC1.Cc1cnc(-c2ccc(-c3ccc(F)c(C)c3)cc2)nc1. The van der Waals surface area contributed by atoms with Crippen molar-refractivity contribution in [3.05, 3.63) is 107 Å². The van der Waals surface area contributed by atoms with Crippen LogP contribution in [0.25, 0.3) is 22.5 Å². The van der Waals surface area contributed by atoms with E-state index in [0.29, 0.717) is 11.4 Å². The van der Waals surface area contributed by atoms with Gasteiger partial charge in [0.2, 0.25) is 0 Å². The van der Waals surface area contributed by atoms with E-state index < -0.39 is 0 Å². The number of hydrogen-bond donors (Lipinski definition) is 0. The molecule has 2 atom stereocenters. The van der Waals surface area contributed by atoms with E-state index in [0.717, 1.165) is 69.6 Å². The summed E-state index contributed by atoms with van der Waals surface area (Å²) < 4.78 is 13.3. The number of aryl methyl sites for hydroxylation is 2. The average molecular weight is 769 g/mol. The Hall–Kier alpha value is -3.33. The number of benzene rings is 3. The first-order valence-corrected chi connectivity index (χ1v) is 19.9. The summed E-state index contributed by atoms with van der Waals surface area (Å²) >= 11 is 0. The molecule has 3 fully saturated rings. The molecule has 0 saturated heterocycles. The molecule has 1 aromatic heterocycles. The Morgan fingerprint density at radius 3 is 1.57 bits per heavy atom. The lowest BCUT2D eigenvalue weighted by atomic mass is 9.68. The number of nitrogens with zero attached hydrogens (tertiary/aromatic N) is 2. The molecule has 0 N–H and O–H groups in total. The molecule has 0 aliphatic heterocycles. The monoisotopic (exact) mass is 769 g/mol. The van der Waals surface area contributed by atoms with Crippen molar-refractivity contribution in [2.24, 2.45) is 41.4 Å². The number of rotatable bonds is 6. The summed E-state index contributed by atoms with van der Waals surface area (Å²) in [5, 5.41) is 0. The predicted molar refractivity (Wildman–Crippen MR) is 249 cm³/mol. The van der Waals surface area contributed by atoms with Crippen LogP contribution in [0.5, 0.6) is 0 Å². The van der Waals surface area contributed by atoms with Crippen LogP contribution in [0.15, 0.2) is 79.1 Å². The van der Waals surface area contributed by atoms with Crippen LogP contribution < -0.4 is 0 Å². The fraction of sp³-hybridized carbons (Fsp3) is 0.585. The van der Waals surface area contributed by atoms with Crippen LogP contribution in [0.2, 0.25) is 0 Å². The minimum atomic E-state index is -0.177. The van der Waals surface area contributed by atoms with Crippen LogP contribution in [0, 0.1) is 61.1 Å². The van der Waals surface area contributed by atoms with Gasteiger partial charge in [0.05, 0.1) is 0 Å². The van der Waals surface area contributed by atoms with E-state index in [2.05, 4.69) is 61.9 Å². The molecule has 7 rings (SSSR count). The molecule has 3 aliphatic carbocycles. The summed E-state index contributed by atoms with van der Waals surface area (Å²) in [5.74, 6) is 8.00. The molecule has 2 unspecified atom stereocenters. The molecule has 3 aliphatic rings. The quantitative estimate of drug-likeness (QED) is 0.195. The molecule has 56 heavy (non-hydrogen) atoms. The Kier molecular flexibility index (Phi) is 23.0. The molecular formula is C53H85FN2. The van der Waals surface area contributed by atoms with E-state index in [1.165, 1.54) is 76.7 Å². The van der Waals surface area contributed by atoms with Gasteiger partial charge in [-0.2, -0.15) is 0 Å². The minimum absolute atomic E-state index is 0. The van der Waals surface area contributed by atoms with E-state index >= 15 is 0 Å². The summed E-state index contributed by atoms with van der Waals surface area (Å²) in [6.45, 7) is 13.6. The van der Waals surface area contributed by atoms with Crippen molar-refractivity contribution in [1.29, 1.82) is 0 Å². The second-order valence-corrected chi connectivity index (χ2v) is 16.9. The summed E-state index contributed by atoms with van der Waals surface area (Å²) in [5.41, 5.74) is 7.91. The fourth-order valence-corrected chi connectivity index (χ4v) is 9.31. The van der Waals surface area contributed by atoms with Gasteiger partial charge in [0.1, 0.15) is 5.82 Å². The van der Waals surface area contributed by atoms with Crippen molar-refractivity contribution in [2.45, 2.75) is 163 Å². The van der Waals surface area contributed by atoms with Gasteiger partial charge in [-0.25, -0.2) is 14.4 Å². The third kappa shape index (κ3) is 13.7. The Morgan fingerprint density at radius 1 is 0.571 bits per heavy atom. The molecule has 3 aromatic carbocycles. The molecule has 0 spiro atoms. The molecule has 0 amide bonds. The number of hydrogen-bond acceptors (Lipinski definition) is 2. The fourth-order valence-electron chi connectivity index (χ4n) is 9.31. The van der Waals surface area contributed by atoms with Crippen LogP contribution in [0.1, 0.15) is 165 Å². The highest BCUT2D eigenvalue weighted by Crippen LogP contribution is 2.44. The maximum absolute atomic E-state index is 13.3. The van der Waals surface area contributed by atoms with Gasteiger partial charge in [0.25, 0.3) is 0 Å². The summed E-state index contributed by atoms with van der Waals surface area (Å²) in [6, 6.07) is 23.0. The zero-order valence-electron chi connectivity index (χ0n) is 31.7. The molecule has 3 saturated carbocycles. The van der Waals surface area contributed by atoms with Gasteiger partial charge < -0.3 is 0 Å². The van der Waals surface area contributed by atoms with Gasteiger partial charge in [-0.15, -0.1) is 0 Å². The van der Waals surface area contributed by atoms with Crippen LogP contribution in [-0.4, -0.2) is 9.97 Å². The topological polar surface area (TPSA) is 25.8 Å². The van der Waals surface area contributed by atoms with E-state index in [1.54, 1.807) is 36.5 Å². The molecular weight excluding hydrogens is 684 g/mol. The normalized spacial score (nSPS) is 25.3. The van der Waals surface area contributed by atoms with Crippen molar-refractivity contribution in [3.8, 4) is 22.5 Å². The molecule has 314 valence electrons. The first kappa shape index (κ1) is 52.7. The minimum Gasteiger partial charge on any atom is -0.236 e. The van der Waals surface area contributed by atoms with Crippen LogP contribution in [-0.2, 0) is 6.42 Å². The van der Waals surface area contributed by atoms with Gasteiger partial charge in [-0.1, -0.05) is 140 Å². The molecule has 2 nitrogen and oxygen atoms in total. The summed E-state index contributed by atoms with van der Waals surface area (Å²) in [6.07, 6.45) is 19.7. The number of aromatic nitrogens is 2. The maximum atomic E-state index is 13.3. The zero-order valence-corrected chi connectivity index (χ0v) is 31.7. The van der Waals surface area contributed by atoms with Crippen molar-refractivity contribution in [3.63, 3.8) is 0 Å². The highest BCUT2D eigenvalue weighted by atomic mass is 19.1. The Morgan fingerprint density at radius 2 is 1.05 bits per heavy atom. The van der Waals surface area contributed by atoms with Gasteiger partial charge in [-0.05, 0) is 164 Å². The Bertz CT molecular complexity index is 1620. The lowest BCUT2D eigenvalue weighted by Gasteiger charge is -2.38. The first-order valence-electron chi connectivity index (χ1n) is 19.9. The van der Waals surface area contributed by atoms with E-state index in [-0.39, 0.29) is 50.4 Å². The molecule has 4 aromatic rings. The number of halogens is 1. The highest BCUT2D eigenvalue weighted by Gasteiger charge is 2.32. The van der Waals surface area contributed by atoms with E-state index in [4.69, 9.17) is 0 Å².